The average molecular weight is 346 g/mol. The summed E-state index contributed by atoms with van der Waals surface area (Å²) >= 11 is 3.47. The highest BCUT2D eigenvalue weighted by Crippen LogP contribution is 2.28. The summed E-state index contributed by atoms with van der Waals surface area (Å²) in [5.41, 5.74) is 8.61. The maximum atomic E-state index is 12.3. The minimum absolute atomic E-state index is 0.324. The minimum atomic E-state index is -0.368. The van der Waals surface area contributed by atoms with Crippen molar-refractivity contribution in [1.29, 1.82) is 0 Å². The first kappa shape index (κ1) is 15.3. The van der Waals surface area contributed by atoms with Gasteiger partial charge >= 0.3 is 5.97 Å². The molecule has 2 rings (SSSR count). The van der Waals surface area contributed by atoms with E-state index in [9.17, 15) is 4.79 Å². The summed E-state index contributed by atoms with van der Waals surface area (Å²) in [6, 6.07) is 14.9. The van der Waals surface area contributed by atoms with Gasteiger partial charge in [0.15, 0.2) is 0 Å². The van der Waals surface area contributed by atoms with Crippen LogP contribution in [0.1, 0.15) is 18.1 Å². The molecular formula is C17H16BrNO2. The van der Waals surface area contributed by atoms with Crippen LogP contribution >= 0.6 is 15.9 Å². The first-order valence-electron chi connectivity index (χ1n) is 6.61. The van der Waals surface area contributed by atoms with Crippen LogP contribution in [0.25, 0.3) is 11.6 Å². The van der Waals surface area contributed by atoms with Crippen molar-refractivity contribution in [2.45, 2.75) is 6.92 Å². The van der Waals surface area contributed by atoms with Crippen molar-refractivity contribution in [2.75, 3.05) is 12.3 Å². The number of rotatable bonds is 4. The highest BCUT2D eigenvalue weighted by molar-refractivity contribution is 9.10. The second kappa shape index (κ2) is 7.09. The largest absolute Gasteiger partial charge is 0.462 e. The zero-order chi connectivity index (χ0) is 15.2. The molecule has 0 unspecified atom stereocenters. The number of hydrogen-bond donors (Lipinski definition) is 1. The van der Waals surface area contributed by atoms with Gasteiger partial charge in [-0.1, -0.05) is 52.3 Å². The summed E-state index contributed by atoms with van der Waals surface area (Å²) < 4.78 is 5.99. The summed E-state index contributed by atoms with van der Waals surface area (Å²) in [6.45, 7) is 2.11. The fourth-order valence-corrected chi connectivity index (χ4v) is 2.43. The van der Waals surface area contributed by atoms with E-state index in [1.54, 1.807) is 19.1 Å². The van der Waals surface area contributed by atoms with Gasteiger partial charge < -0.3 is 10.5 Å². The van der Waals surface area contributed by atoms with Gasteiger partial charge in [-0.05, 0) is 30.7 Å². The average Bonchev–Trinajstić information content (AvgIpc) is 2.48. The molecule has 4 heteroatoms. The molecule has 2 N–H and O–H groups in total. The second-order valence-electron chi connectivity index (χ2n) is 4.39. The van der Waals surface area contributed by atoms with Crippen molar-refractivity contribution in [3.63, 3.8) is 0 Å². The first-order chi connectivity index (χ1) is 10.1. The number of hydrogen-bond acceptors (Lipinski definition) is 3. The molecule has 0 aromatic heterocycles. The Labute approximate surface area is 132 Å². The Kier molecular flexibility index (Phi) is 5.17. The van der Waals surface area contributed by atoms with Crippen LogP contribution in [0.5, 0.6) is 0 Å². The van der Waals surface area contributed by atoms with Crippen LogP contribution in [-0.4, -0.2) is 12.6 Å². The fraction of sp³-hybridized carbons (Fsp3) is 0.118. The maximum Gasteiger partial charge on any atom is 0.338 e. The van der Waals surface area contributed by atoms with Gasteiger partial charge in [0.25, 0.3) is 0 Å². The third-order valence-electron chi connectivity index (χ3n) is 2.96. The number of benzene rings is 2. The third-order valence-corrected chi connectivity index (χ3v) is 3.65. The van der Waals surface area contributed by atoms with Crippen LogP contribution in [0.15, 0.2) is 53.0 Å². The molecule has 108 valence electrons. The van der Waals surface area contributed by atoms with Crippen molar-refractivity contribution in [3.8, 4) is 0 Å². The Hall–Kier alpha value is -2.07. The van der Waals surface area contributed by atoms with E-state index in [-0.39, 0.29) is 5.97 Å². The Bertz CT molecular complexity index is 680. The Morgan fingerprint density at radius 2 is 1.86 bits per heavy atom. The van der Waals surface area contributed by atoms with Gasteiger partial charge in [-0.3, -0.25) is 0 Å². The van der Waals surface area contributed by atoms with Gasteiger partial charge in [-0.15, -0.1) is 0 Å². The molecule has 0 radical (unpaired) electrons. The lowest BCUT2D eigenvalue weighted by Gasteiger charge is -2.10. The van der Waals surface area contributed by atoms with Gasteiger partial charge in [-0.25, -0.2) is 4.79 Å². The number of carbonyl (C=O) groups is 1. The number of para-hydroxylation sites is 1. The number of nitrogen functional groups attached to an aromatic ring is 1. The lowest BCUT2D eigenvalue weighted by Crippen LogP contribution is -2.07. The molecule has 0 aliphatic rings. The molecule has 0 aliphatic heterocycles. The van der Waals surface area contributed by atoms with Crippen molar-refractivity contribution < 1.29 is 9.53 Å². The number of halogens is 1. The number of ether oxygens (including phenoxy) is 1. The third kappa shape index (κ3) is 3.73. The van der Waals surface area contributed by atoms with Crippen LogP contribution in [0.4, 0.5) is 5.69 Å². The first-order valence-corrected chi connectivity index (χ1v) is 7.41. The zero-order valence-corrected chi connectivity index (χ0v) is 13.3. The smallest absolute Gasteiger partial charge is 0.338 e. The van der Waals surface area contributed by atoms with E-state index in [1.807, 2.05) is 42.5 Å². The predicted octanol–water partition coefficient (Wildman–Crippen LogP) is 4.14. The summed E-state index contributed by atoms with van der Waals surface area (Å²) in [4.78, 5) is 12.3. The van der Waals surface area contributed by atoms with Gasteiger partial charge in [0.05, 0.1) is 12.2 Å². The van der Waals surface area contributed by atoms with Crippen LogP contribution in [0.3, 0.4) is 0 Å². The van der Waals surface area contributed by atoms with Crippen LogP contribution in [-0.2, 0) is 9.53 Å². The van der Waals surface area contributed by atoms with Gasteiger partial charge in [0.2, 0.25) is 0 Å². The van der Waals surface area contributed by atoms with Crippen molar-refractivity contribution >= 4 is 39.2 Å². The van der Waals surface area contributed by atoms with E-state index in [4.69, 9.17) is 10.5 Å². The predicted molar refractivity (Wildman–Crippen MR) is 89.5 cm³/mol. The lowest BCUT2D eigenvalue weighted by atomic mass is 10.0. The molecule has 0 spiro atoms. The highest BCUT2D eigenvalue weighted by atomic mass is 79.9. The standard InChI is InChI=1S/C17H16BrNO2/c1-2-21-17(20)14(13-8-4-5-9-15(13)18)11-12-7-3-6-10-16(12)19/h3-11H,2,19H2,1H3/b14-11+. The molecule has 0 aliphatic carbocycles. The molecule has 3 nitrogen and oxygen atoms in total. The van der Waals surface area contributed by atoms with Crippen LogP contribution in [0.2, 0.25) is 0 Å². The molecule has 0 atom stereocenters. The molecule has 2 aromatic rings. The number of carbonyl (C=O) groups excluding carboxylic acids is 1. The topological polar surface area (TPSA) is 52.3 Å². The Balaban J connectivity index is 2.54. The summed E-state index contributed by atoms with van der Waals surface area (Å²) in [6.07, 6.45) is 1.76. The van der Waals surface area contributed by atoms with Gasteiger partial charge in [0, 0.05) is 15.7 Å². The van der Waals surface area contributed by atoms with Crippen molar-refractivity contribution in [1.82, 2.24) is 0 Å². The quantitative estimate of drug-likeness (QED) is 0.392. The monoisotopic (exact) mass is 345 g/mol. The molecule has 0 bridgehead atoms. The van der Waals surface area contributed by atoms with Crippen molar-refractivity contribution in [2.24, 2.45) is 0 Å². The van der Waals surface area contributed by atoms with E-state index >= 15 is 0 Å². The zero-order valence-electron chi connectivity index (χ0n) is 11.7. The van der Waals surface area contributed by atoms with Crippen LogP contribution < -0.4 is 5.73 Å². The molecule has 0 heterocycles. The SMILES string of the molecule is CCOC(=O)/C(=C/c1ccccc1N)c1ccccc1Br. The molecular weight excluding hydrogens is 330 g/mol. The Morgan fingerprint density at radius 1 is 1.19 bits per heavy atom. The summed E-state index contributed by atoms with van der Waals surface area (Å²) in [5.74, 6) is -0.368. The molecule has 21 heavy (non-hydrogen) atoms. The van der Waals surface area contributed by atoms with E-state index < -0.39 is 0 Å². The van der Waals surface area contributed by atoms with Gasteiger partial charge in [-0.2, -0.15) is 0 Å². The molecule has 0 saturated heterocycles. The van der Waals surface area contributed by atoms with E-state index in [1.165, 1.54) is 0 Å². The van der Waals surface area contributed by atoms with Crippen molar-refractivity contribution in [3.05, 3.63) is 64.1 Å². The molecule has 0 fully saturated rings. The Morgan fingerprint density at radius 3 is 2.52 bits per heavy atom. The van der Waals surface area contributed by atoms with E-state index in [0.717, 1.165) is 15.6 Å². The fourth-order valence-electron chi connectivity index (χ4n) is 1.93. The second-order valence-corrected chi connectivity index (χ2v) is 5.24. The lowest BCUT2D eigenvalue weighted by molar-refractivity contribution is -0.136. The highest BCUT2D eigenvalue weighted by Gasteiger charge is 2.16. The minimum Gasteiger partial charge on any atom is -0.462 e. The summed E-state index contributed by atoms with van der Waals surface area (Å²) in [5, 5.41) is 0. The molecule has 2 aromatic carbocycles. The van der Waals surface area contributed by atoms with Gasteiger partial charge in [0.1, 0.15) is 0 Å². The molecule has 0 amide bonds. The molecule has 0 saturated carbocycles. The normalized spacial score (nSPS) is 11.2. The maximum absolute atomic E-state index is 12.3. The van der Waals surface area contributed by atoms with Crippen LogP contribution in [0, 0.1) is 0 Å². The van der Waals surface area contributed by atoms with E-state index in [2.05, 4.69) is 15.9 Å². The number of anilines is 1. The number of esters is 1. The van der Waals surface area contributed by atoms with E-state index in [0.29, 0.717) is 17.9 Å². The summed E-state index contributed by atoms with van der Waals surface area (Å²) in [7, 11) is 0. The number of nitrogens with two attached hydrogens (primary N) is 1.